The molecule has 0 saturated carbocycles. The molecule has 0 radical (unpaired) electrons. The number of sulfonamides is 1. The van der Waals surface area contributed by atoms with E-state index in [1.165, 1.54) is 17.8 Å². The molecule has 2 N–H and O–H groups in total. The van der Waals surface area contributed by atoms with Crippen LogP contribution in [-0.2, 0) is 21.2 Å². The number of anilines is 1. The minimum absolute atomic E-state index is 0.0478. The standard InChI is InChI=1S/C21H22N4O3S2/c1-14-4-3-5-17(10-14)24-9-8-23-21(24)29-13-20(26)25-15(2)11-16-12-18(30(22,27)28)6-7-19(16)25/h3-10,12,15H,11,13H2,1-2H3,(H2,22,27,28). The van der Waals surface area contributed by atoms with Crippen molar-refractivity contribution in [3.05, 3.63) is 66.0 Å². The second-order valence-corrected chi connectivity index (χ2v) is 9.86. The van der Waals surface area contributed by atoms with Crippen LogP contribution in [-0.4, -0.2) is 35.7 Å². The normalized spacial score (nSPS) is 16.0. The fourth-order valence-corrected chi connectivity index (χ4v) is 5.13. The van der Waals surface area contributed by atoms with E-state index in [-0.39, 0.29) is 22.6 Å². The van der Waals surface area contributed by atoms with Gasteiger partial charge in [0.15, 0.2) is 5.16 Å². The third kappa shape index (κ3) is 4.00. The molecule has 2 heterocycles. The average molecular weight is 443 g/mol. The summed E-state index contributed by atoms with van der Waals surface area (Å²) in [6.45, 7) is 3.98. The Kier molecular flexibility index (Phi) is 5.44. The summed E-state index contributed by atoms with van der Waals surface area (Å²) in [6.07, 6.45) is 4.19. The van der Waals surface area contributed by atoms with Crippen LogP contribution in [0.15, 0.2) is 64.9 Å². The van der Waals surface area contributed by atoms with E-state index >= 15 is 0 Å². The van der Waals surface area contributed by atoms with Gasteiger partial charge in [0.1, 0.15) is 0 Å². The molecule has 0 saturated heterocycles. The van der Waals surface area contributed by atoms with Crippen molar-refractivity contribution < 1.29 is 13.2 Å². The highest BCUT2D eigenvalue weighted by Crippen LogP contribution is 2.34. The largest absolute Gasteiger partial charge is 0.308 e. The van der Waals surface area contributed by atoms with E-state index in [4.69, 9.17) is 5.14 Å². The number of fused-ring (bicyclic) bond motifs is 1. The number of rotatable bonds is 5. The van der Waals surface area contributed by atoms with Crippen LogP contribution >= 0.6 is 11.8 Å². The minimum Gasteiger partial charge on any atom is -0.308 e. The monoisotopic (exact) mass is 442 g/mol. The number of primary sulfonamides is 1. The number of thioether (sulfide) groups is 1. The van der Waals surface area contributed by atoms with Crippen molar-refractivity contribution in [2.75, 3.05) is 10.7 Å². The maximum Gasteiger partial charge on any atom is 0.238 e. The first-order valence-corrected chi connectivity index (χ1v) is 12.0. The highest BCUT2D eigenvalue weighted by molar-refractivity contribution is 7.99. The fourth-order valence-electron chi connectivity index (χ4n) is 3.73. The first kappa shape index (κ1) is 20.6. The average Bonchev–Trinajstić information content (AvgIpc) is 3.28. The third-order valence-corrected chi connectivity index (χ3v) is 6.94. The molecule has 1 unspecified atom stereocenters. The lowest BCUT2D eigenvalue weighted by Crippen LogP contribution is -2.37. The molecule has 30 heavy (non-hydrogen) atoms. The van der Waals surface area contributed by atoms with Crippen molar-refractivity contribution >= 4 is 33.4 Å². The smallest absolute Gasteiger partial charge is 0.238 e. The van der Waals surface area contributed by atoms with E-state index in [1.807, 2.05) is 42.8 Å². The van der Waals surface area contributed by atoms with Crippen LogP contribution in [0.4, 0.5) is 5.69 Å². The lowest BCUT2D eigenvalue weighted by Gasteiger charge is -2.22. The molecule has 1 atom stereocenters. The SMILES string of the molecule is Cc1cccc(-n2ccnc2SCC(=O)N2c3ccc(S(N)(=O)=O)cc3CC2C)c1. The summed E-state index contributed by atoms with van der Waals surface area (Å²) in [5, 5.41) is 5.97. The molecule has 0 spiro atoms. The number of benzene rings is 2. The van der Waals surface area contributed by atoms with Gasteiger partial charge in [-0.2, -0.15) is 0 Å². The lowest BCUT2D eigenvalue weighted by atomic mass is 10.1. The van der Waals surface area contributed by atoms with Crippen molar-refractivity contribution in [1.82, 2.24) is 9.55 Å². The number of carbonyl (C=O) groups excluding carboxylic acids is 1. The molecule has 0 aliphatic carbocycles. The Morgan fingerprint density at radius 2 is 2.07 bits per heavy atom. The Morgan fingerprint density at radius 1 is 1.27 bits per heavy atom. The van der Waals surface area contributed by atoms with E-state index in [0.29, 0.717) is 6.42 Å². The van der Waals surface area contributed by atoms with Crippen molar-refractivity contribution in [3.8, 4) is 5.69 Å². The van der Waals surface area contributed by atoms with E-state index in [2.05, 4.69) is 11.1 Å². The molecule has 9 heteroatoms. The van der Waals surface area contributed by atoms with E-state index in [1.54, 1.807) is 23.2 Å². The Labute approximate surface area is 180 Å². The Morgan fingerprint density at radius 3 is 2.80 bits per heavy atom. The maximum absolute atomic E-state index is 13.0. The summed E-state index contributed by atoms with van der Waals surface area (Å²) in [6, 6.07) is 12.7. The van der Waals surface area contributed by atoms with Crippen LogP contribution in [0.5, 0.6) is 0 Å². The first-order chi connectivity index (χ1) is 14.2. The van der Waals surface area contributed by atoms with Crippen LogP contribution in [0.2, 0.25) is 0 Å². The predicted molar refractivity (Wildman–Crippen MR) is 117 cm³/mol. The number of hydrogen-bond donors (Lipinski definition) is 1. The second-order valence-electron chi connectivity index (χ2n) is 7.36. The first-order valence-electron chi connectivity index (χ1n) is 9.45. The molecule has 1 aliphatic heterocycles. The van der Waals surface area contributed by atoms with Gasteiger partial charge >= 0.3 is 0 Å². The zero-order valence-corrected chi connectivity index (χ0v) is 18.3. The zero-order chi connectivity index (χ0) is 21.5. The molecule has 4 rings (SSSR count). The van der Waals surface area contributed by atoms with Gasteiger partial charge in [0.25, 0.3) is 0 Å². The highest BCUT2D eigenvalue weighted by Gasteiger charge is 2.31. The summed E-state index contributed by atoms with van der Waals surface area (Å²) in [7, 11) is -3.77. The van der Waals surface area contributed by atoms with Gasteiger partial charge in [-0.15, -0.1) is 0 Å². The number of aryl methyl sites for hydroxylation is 1. The van der Waals surface area contributed by atoms with Crippen LogP contribution < -0.4 is 10.0 Å². The summed E-state index contributed by atoms with van der Waals surface area (Å²) in [5.41, 5.74) is 3.70. The summed E-state index contributed by atoms with van der Waals surface area (Å²) >= 11 is 1.38. The number of amides is 1. The summed E-state index contributed by atoms with van der Waals surface area (Å²) < 4.78 is 25.2. The Balaban J connectivity index is 1.52. The van der Waals surface area contributed by atoms with E-state index < -0.39 is 10.0 Å². The maximum atomic E-state index is 13.0. The molecular weight excluding hydrogens is 420 g/mol. The van der Waals surface area contributed by atoms with Crippen molar-refractivity contribution in [2.24, 2.45) is 5.14 Å². The van der Waals surface area contributed by atoms with Crippen molar-refractivity contribution in [2.45, 2.75) is 36.4 Å². The molecule has 156 valence electrons. The van der Waals surface area contributed by atoms with Crippen molar-refractivity contribution in [1.29, 1.82) is 0 Å². The van der Waals surface area contributed by atoms with Gasteiger partial charge in [-0.1, -0.05) is 23.9 Å². The molecule has 1 aliphatic rings. The van der Waals surface area contributed by atoms with Crippen molar-refractivity contribution in [3.63, 3.8) is 0 Å². The molecular formula is C21H22N4O3S2. The van der Waals surface area contributed by atoms with Gasteiger partial charge in [0, 0.05) is 29.8 Å². The van der Waals surface area contributed by atoms with E-state index in [0.717, 1.165) is 27.7 Å². The highest BCUT2D eigenvalue weighted by atomic mass is 32.2. The summed E-state index contributed by atoms with van der Waals surface area (Å²) in [4.78, 5) is 19.2. The number of aromatic nitrogens is 2. The Bertz CT molecular complexity index is 1220. The zero-order valence-electron chi connectivity index (χ0n) is 16.6. The third-order valence-electron chi connectivity index (χ3n) is 5.08. The second kappa shape index (κ2) is 7.90. The quantitative estimate of drug-likeness (QED) is 0.613. The molecule has 1 aromatic heterocycles. The van der Waals surface area contributed by atoms with Crippen LogP contribution in [0, 0.1) is 6.92 Å². The molecule has 1 amide bonds. The molecule has 7 nitrogen and oxygen atoms in total. The Hall–Kier alpha value is -2.62. The molecule has 2 aromatic carbocycles. The van der Waals surface area contributed by atoms with Gasteiger partial charge in [0.05, 0.1) is 10.6 Å². The number of nitrogens with two attached hydrogens (primary N) is 1. The van der Waals surface area contributed by atoms with E-state index in [9.17, 15) is 13.2 Å². The minimum atomic E-state index is -3.77. The van der Waals surface area contributed by atoms with Crippen LogP contribution in [0.3, 0.4) is 0 Å². The van der Waals surface area contributed by atoms with Gasteiger partial charge in [-0.05, 0) is 61.7 Å². The number of carbonyl (C=O) groups is 1. The van der Waals surface area contributed by atoms with Gasteiger partial charge in [-0.3, -0.25) is 9.36 Å². The van der Waals surface area contributed by atoms with Gasteiger partial charge in [-0.25, -0.2) is 18.5 Å². The van der Waals surface area contributed by atoms with Crippen LogP contribution in [0.1, 0.15) is 18.1 Å². The topological polar surface area (TPSA) is 98.3 Å². The predicted octanol–water partition coefficient (Wildman–Crippen LogP) is 2.90. The number of nitrogens with zero attached hydrogens (tertiary/aromatic N) is 3. The molecule has 0 bridgehead atoms. The lowest BCUT2D eigenvalue weighted by molar-refractivity contribution is -0.116. The molecule has 0 fully saturated rings. The summed E-state index contributed by atoms with van der Waals surface area (Å²) in [5.74, 6) is 0.178. The molecule has 3 aromatic rings. The fraction of sp³-hybridized carbons (Fsp3) is 0.238. The number of imidazole rings is 1. The van der Waals surface area contributed by atoms with Gasteiger partial charge in [0.2, 0.25) is 15.9 Å². The van der Waals surface area contributed by atoms with Gasteiger partial charge < -0.3 is 4.90 Å². The van der Waals surface area contributed by atoms with Crippen LogP contribution in [0.25, 0.3) is 5.69 Å². The number of hydrogen-bond acceptors (Lipinski definition) is 5.